The molecule has 1 unspecified atom stereocenters. The van der Waals surface area contributed by atoms with Crippen LogP contribution in [0, 0.1) is 11.8 Å². The molecule has 2 fully saturated rings. The van der Waals surface area contributed by atoms with Crippen molar-refractivity contribution in [1.29, 1.82) is 0 Å². The molecule has 1 aromatic heterocycles. The first kappa shape index (κ1) is 20.5. The molecule has 0 spiro atoms. The molecule has 162 valence electrons. The lowest BCUT2D eigenvalue weighted by Crippen LogP contribution is -2.46. The Hall–Kier alpha value is -2.77. The Morgan fingerprint density at radius 2 is 1.77 bits per heavy atom. The third-order valence-corrected chi connectivity index (χ3v) is 6.31. The zero-order chi connectivity index (χ0) is 21.3. The van der Waals surface area contributed by atoms with Crippen molar-refractivity contribution < 1.29 is 14.3 Å². The first-order valence-corrected chi connectivity index (χ1v) is 10.7. The van der Waals surface area contributed by atoms with E-state index in [2.05, 4.69) is 21.7 Å². The van der Waals surface area contributed by atoms with E-state index in [1.165, 1.54) is 6.42 Å². The molecule has 1 aromatic carbocycles. The SMILES string of the molecule is COc1cc2nc(N3CCC(C(=O)N4CCCC(C)C4)CC3)nc(N)c2cc1OC. The number of nitrogen functional groups attached to an aromatic ring is 1. The molecule has 8 heteroatoms. The van der Waals surface area contributed by atoms with Crippen LogP contribution in [0.1, 0.15) is 32.6 Å². The van der Waals surface area contributed by atoms with E-state index in [0.29, 0.717) is 35.1 Å². The molecule has 2 saturated heterocycles. The minimum Gasteiger partial charge on any atom is -0.493 e. The van der Waals surface area contributed by atoms with Crippen LogP contribution in [0.2, 0.25) is 0 Å². The molecule has 0 saturated carbocycles. The average Bonchev–Trinajstić information content (AvgIpc) is 2.77. The summed E-state index contributed by atoms with van der Waals surface area (Å²) < 4.78 is 10.7. The second-order valence-corrected chi connectivity index (χ2v) is 8.43. The van der Waals surface area contributed by atoms with E-state index in [9.17, 15) is 4.79 Å². The summed E-state index contributed by atoms with van der Waals surface area (Å²) >= 11 is 0. The number of nitrogens with zero attached hydrogens (tertiary/aromatic N) is 4. The molecule has 3 heterocycles. The molecule has 4 rings (SSSR count). The number of amides is 1. The maximum atomic E-state index is 12.9. The third-order valence-electron chi connectivity index (χ3n) is 6.31. The highest BCUT2D eigenvalue weighted by molar-refractivity contribution is 5.91. The predicted molar refractivity (Wildman–Crippen MR) is 117 cm³/mol. The van der Waals surface area contributed by atoms with Gasteiger partial charge in [0.2, 0.25) is 11.9 Å². The number of carbonyl (C=O) groups is 1. The third kappa shape index (κ3) is 3.95. The molecule has 2 aliphatic rings. The van der Waals surface area contributed by atoms with Crippen molar-refractivity contribution >= 4 is 28.6 Å². The zero-order valence-corrected chi connectivity index (χ0v) is 18.1. The number of benzene rings is 1. The lowest BCUT2D eigenvalue weighted by Gasteiger charge is -2.37. The zero-order valence-electron chi connectivity index (χ0n) is 18.1. The summed E-state index contributed by atoms with van der Waals surface area (Å²) in [5.41, 5.74) is 6.95. The molecule has 2 aliphatic heterocycles. The molecule has 30 heavy (non-hydrogen) atoms. The lowest BCUT2D eigenvalue weighted by atomic mass is 9.93. The molecule has 1 atom stereocenters. The van der Waals surface area contributed by atoms with Gasteiger partial charge in [0.15, 0.2) is 11.5 Å². The van der Waals surface area contributed by atoms with Crippen LogP contribution >= 0.6 is 0 Å². The summed E-state index contributed by atoms with van der Waals surface area (Å²) in [6.07, 6.45) is 3.97. The highest BCUT2D eigenvalue weighted by atomic mass is 16.5. The van der Waals surface area contributed by atoms with Gasteiger partial charge in [-0.05, 0) is 37.7 Å². The first-order valence-electron chi connectivity index (χ1n) is 10.7. The van der Waals surface area contributed by atoms with Crippen molar-refractivity contribution in [2.24, 2.45) is 11.8 Å². The summed E-state index contributed by atoms with van der Waals surface area (Å²) in [7, 11) is 3.19. The van der Waals surface area contributed by atoms with Crippen LogP contribution in [-0.2, 0) is 4.79 Å². The van der Waals surface area contributed by atoms with Gasteiger partial charge in [-0.3, -0.25) is 4.79 Å². The Labute approximate surface area is 177 Å². The number of aromatic nitrogens is 2. The van der Waals surface area contributed by atoms with E-state index < -0.39 is 0 Å². The molecule has 0 bridgehead atoms. The average molecular weight is 414 g/mol. The number of methoxy groups -OCH3 is 2. The summed E-state index contributed by atoms with van der Waals surface area (Å²) in [6.45, 7) is 5.53. The molecular weight excluding hydrogens is 382 g/mol. The van der Waals surface area contributed by atoms with E-state index >= 15 is 0 Å². The molecule has 2 aromatic rings. The van der Waals surface area contributed by atoms with Crippen LogP contribution in [0.15, 0.2) is 12.1 Å². The molecule has 8 nitrogen and oxygen atoms in total. The lowest BCUT2D eigenvalue weighted by molar-refractivity contribution is -0.137. The van der Waals surface area contributed by atoms with Crippen LogP contribution < -0.4 is 20.1 Å². The van der Waals surface area contributed by atoms with Crippen LogP contribution in [0.4, 0.5) is 11.8 Å². The predicted octanol–water partition coefficient (Wildman–Crippen LogP) is 2.70. The van der Waals surface area contributed by atoms with Crippen molar-refractivity contribution in [3.05, 3.63) is 12.1 Å². The molecule has 1 amide bonds. The van der Waals surface area contributed by atoms with Gasteiger partial charge >= 0.3 is 0 Å². The summed E-state index contributed by atoms with van der Waals surface area (Å²) in [4.78, 5) is 26.4. The smallest absolute Gasteiger partial charge is 0.227 e. The van der Waals surface area contributed by atoms with Crippen molar-refractivity contribution in [2.45, 2.75) is 32.6 Å². The quantitative estimate of drug-likeness (QED) is 0.823. The van der Waals surface area contributed by atoms with Crippen LogP contribution in [-0.4, -0.2) is 61.2 Å². The van der Waals surface area contributed by atoms with Crippen LogP contribution in [0.25, 0.3) is 10.9 Å². The minimum absolute atomic E-state index is 0.0914. The Kier molecular flexibility index (Phi) is 5.83. The fourth-order valence-corrected chi connectivity index (χ4v) is 4.58. The van der Waals surface area contributed by atoms with Crippen molar-refractivity contribution in [3.8, 4) is 11.5 Å². The Morgan fingerprint density at radius 1 is 1.07 bits per heavy atom. The molecule has 0 radical (unpaired) electrons. The normalized spacial score (nSPS) is 20.4. The maximum Gasteiger partial charge on any atom is 0.227 e. The van der Waals surface area contributed by atoms with Crippen molar-refractivity contribution in [2.75, 3.05) is 51.0 Å². The summed E-state index contributed by atoms with van der Waals surface area (Å²) in [5, 5.41) is 0.737. The monoisotopic (exact) mass is 413 g/mol. The Balaban J connectivity index is 1.48. The summed E-state index contributed by atoms with van der Waals surface area (Å²) in [6, 6.07) is 3.63. The molecular formula is C22H31N5O3. The van der Waals surface area contributed by atoms with Crippen LogP contribution in [0.5, 0.6) is 11.5 Å². The van der Waals surface area contributed by atoms with E-state index in [4.69, 9.17) is 20.2 Å². The van der Waals surface area contributed by atoms with Crippen molar-refractivity contribution in [3.63, 3.8) is 0 Å². The minimum atomic E-state index is 0.0914. The van der Waals surface area contributed by atoms with E-state index in [1.807, 2.05) is 6.07 Å². The van der Waals surface area contributed by atoms with Gasteiger partial charge < -0.3 is 25.0 Å². The number of hydrogen-bond donors (Lipinski definition) is 1. The highest BCUT2D eigenvalue weighted by Crippen LogP contribution is 2.34. The number of ether oxygens (including phenoxy) is 2. The number of carbonyl (C=O) groups excluding carboxylic acids is 1. The number of fused-ring (bicyclic) bond motifs is 1. The summed E-state index contributed by atoms with van der Waals surface area (Å²) in [5.74, 6) is 3.23. The number of nitrogens with two attached hydrogens (primary N) is 1. The van der Waals surface area contributed by atoms with Gasteiger partial charge in [-0.25, -0.2) is 4.98 Å². The second kappa shape index (κ2) is 8.53. The van der Waals surface area contributed by atoms with Gasteiger partial charge in [-0.1, -0.05) is 6.92 Å². The number of anilines is 2. The maximum absolute atomic E-state index is 12.9. The number of rotatable bonds is 4. The van der Waals surface area contributed by atoms with Gasteiger partial charge in [0.05, 0.1) is 19.7 Å². The van der Waals surface area contributed by atoms with E-state index in [0.717, 1.165) is 56.3 Å². The topological polar surface area (TPSA) is 93.8 Å². The first-order chi connectivity index (χ1) is 14.5. The fraction of sp³-hybridized carbons (Fsp3) is 0.591. The van der Waals surface area contributed by atoms with Gasteiger partial charge in [0.1, 0.15) is 5.82 Å². The fourth-order valence-electron chi connectivity index (χ4n) is 4.58. The van der Waals surface area contributed by atoms with Crippen molar-refractivity contribution in [1.82, 2.24) is 14.9 Å². The van der Waals surface area contributed by atoms with Gasteiger partial charge in [-0.15, -0.1) is 0 Å². The largest absolute Gasteiger partial charge is 0.493 e. The van der Waals surface area contributed by atoms with Gasteiger partial charge in [0, 0.05) is 43.5 Å². The van der Waals surface area contributed by atoms with E-state index in [1.54, 1.807) is 20.3 Å². The number of likely N-dealkylation sites (tertiary alicyclic amines) is 1. The highest BCUT2D eigenvalue weighted by Gasteiger charge is 2.31. The number of hydrogen-bond acceptors (Lipinski definition) is 7. The Morgan fingerprint density at radius 3 is 2.43 bits per heavy atom. The molecule has 2 N–H and O–H groups in total. The number of piperidine rings is 2. The van der Waals surface area contributed by atoms with Gasteiger partial charge in [0.25, 0.3) is 0 Å². The second-order valence-electron chi connectivity index (χ2n) is 8.43. The van der Waals surface area contributed by atoms with E-state index in [-0.39, 0.29) is 5.92 Å². The Bertz CT molecular complexity index is 927. The molecule has 0 aliphatic carbocycles. The standard InChI is InChI=1S/C22H31N5O3/c1-14-5-4-8-27(13-14)21(28)15-6-9-26(10-7-15)22-24-17-12-19(30-3)18(29-2)11-16(17)20(23)25-22/h11-12,14-15H,4-10,13H2,1-3H3,(H2,23,24,25). The van der Waals surface area contributed by atoms with Gasteiger partial charge in [-0.2, -0.15) is 4.98 Å². The van der Waals surface area contributed by atoms with Crippen LogP contribution in [0.3, 0.4) is 0 Å².